The van der Waals surface area contributed by atoms with Crippen molar-refractivity contribution >= 4 is 77.8 Å². The minimum atomic E-state index is -1.49. The zero-order valence-electron chi connectivity index (χ0n) is 48.3. The monoisotopic (exact) mass is 1260 g/mol. The number of nitrogens with one attached hydrogen (secondary N) is 2. The second kappa shape index (κ2) is 50.1. The Kier molecular flexibility index (Phi) is 46.7. The number of carboxylic acid groups (broad SMARTS) is 2. The molecule has 2 aromatic heterocycles. The van der Waals surface area contributed by atoms with Gasteiger partial charge in [-0.3, -0.25) is 9.59 Å². The Balaban J connectivity index is -0.000000168. The number of rotatable bonds is 32. The van der Waals surface area contributed by atoms with Gasteiger partial charge in [0.2, 0.25) is 21.8 Å². The average Bonchev–Trinajstić information content (AvgIpc) is 1.82. The number of anilines is 2. The van der Waals surface area contributed by atoms with Crippen LogP contribution < -0.4 is 90.6 Å². The standard InChI is InChI=1S/C54H53N7O11S.C7H5N3S.CH4.2Na.14H2/c1-6-8-10-12-14-16-20-44(53(64)65)39-49(62)57-24-18-28-68-32-34-70-30-26-61(46-22-23-48(42(3)38-46)59-60-52-47(41-55)43(4)51(56-5)73-52)27-31-71-35-37-72-36-33-69-29-19-25-58-50(63)40-45(54(66)67)21-17-15-13-11-9-7-2;1-4-5(3-8)6(9)11-7(4)10-2;;;;;;;;;;;;;;;;;/h1-2,22-23,38,44-45H,18-19,24-37,39-40H2,3-4H3,(H,57,62)(H,58,63)(H,64,65)(H,66,67);9H2,1H3;1H4;;;14*1H/q;;;2*+1;;;;;;;;;;;;;;/p-2. The minimum Gasteiger partial charge on any atom is -0.549 e. The predicted octanol–water partition coefficient (Wildman–Crippen LogP) is 2.05. The summed E-state index contributed by atoms with van der Waals surface area (Å²) >= 11 is 2.28. The van der Waals surface area contributed by atoms with Gasteiger partial charge < -0.3 is 64.8 Å². The maximum Gasteiger partial charge on any atom is 1.00 e. The van der Waals surface area contributed by atoms with Gasteiger partial charge in [0.15, 0.2) is 0 Å². The van der Waals surface area contributed by atoms with Crippen LogP contribution in [0.3, 0.4) is 0 Å². The number of carboxylic acids is 2. The first-order chi connectivity index (χ1) is 40.6. The van der Waals surface area contributed by atoms with E-state index in [4.69, 9.17) is 60.7 Å². The molecule has 466 valence electrons. The molecule has 1 aromatic carbocycles. The molecule has 0 saturated carbocycles. The SMILES string of the molecule is C.[C-]#[N+]c1sc(N)c(C#N)c1C.[C-]#[N+]c1sc(N=Nc2ccc(N(CCOCCOCCCNC(=O)CC(C#CC#CC#CC#C)C(=O)[O-])CCOCCOCCOCCCNC(=O)CC(C#CC#CC#CC#C)C(=O)[O-])cc2C)c(C#N)c1C.[HH].[HH].[HH].[HH].[HH].[HH].[HH].[HH].[HH].[HH].[HH].[HH].[HH].[HH].[Na+].[Na+]. The molecule has 87 heavy (non-hydrogen) atoms. The van der Waals surface area contributed by atoms with Gasteiger partial charge in [-0.15, -0.1) is 45.7 Å². The van der Waals surface area contributed by atoms with Gasteiger partial charge in [-0.1, -0.05) is 19.3 Å². The van der Waals surface area contributed by atoms with Gasteiger partial charge in [0.25, 0.3) is 0 Å². The molecule has 0 fully saturated rings. The third-order valence-corrected chi connectivity index (χ3v) is 12.7. The van der Waals surface area contributed by atoms with Gasteiger partial charge in [0, 0.05) is 77.9 Å². The van der Waals surface area contributed by atoms with E-state index in [1.807, 2.05) is 31.2 Å². The van der Waals surface area contributed by atoms with Crippen LogP contribution in [0.1, 0.15) is 80.9 Å². The normalized spacial score (nSPS) is 9.90. The number of thiophene rings is 2. The fraction of sp³-hybridized carbons (Fsp3) is 0.387. The Hall–Kier alpha value is -8.06. The number of carbonyl (C=O) groups excluding carboxylic acids is 4. The predicted molar refractivity (Wildman–Crippen MR) is 348 cm³/mol. The van der Waals surface area contributed by atoms with E-state index < -0.39 is 42.0 Å². The number of azo groups is 1. The summed E-state index contributed by atoms with van der Waals surface area (Å²) in [5, 5.41) is 56.5. The summed E-state index contributed by atoms with van der Waals surface area (Å²) in [6.07, 6.45) is 10.2. The van der Waals surface area contributed by atoms with Gasteiger partial charge in [-0.25, -0.2) is 9.69 Å². The molecule has 0 spiro atoms. The molecule has 2 atom stereocenters. The van der Waals surface area contributed by atoms with Crippen molar-refractivity contribution in [3.8, 4) is 108 Å². The van der Waals surface area contributed by atoms with Crippen LogP contribution in [-0.4, -0.2) is 116 Å². The molecule has 25 heteroatoms. The smallest absolute Gasteiger partial charge is 0.549 e. The van der Waals surface area contributed by atoms with E-state index in [-0.39, 0.29) is 106 Å². The quantitative estimate of drug-likeness (QED) is 0.0265. The largest absolute Gasteiger partial charge is 1.00 e. The second-order valence-electron chi connectivity index (χ2n) is 16.5. The number of hydrogen-bond donors (Lipinski definition) is 3. The van der Waals surface area contributed by atoms with Crippen LogP contribution in [0.4, 0.5) is 31.4 Å². The molecule has 2 amide bonds. The third-order valence-electron chi connectivity index (χ3n) is 10.7. The van der Waals surface area contributed by atoms with Gasteiger partial charge in [-0.05, 0) is 140 Å². The molecule has 0 radical (unpaired) electrons. The van der Waals surface area contributed by atoms with E-state index in [2.05, 4.69) is 124 Å². The van der Waals surface area contributed by atoms with Crippen LogP contribution in [0.5, 0.6) is 0 Å². The van der Waals surface area contributed by atoms with Crippen molar-refractivity contribution in [2.45, 2.75) is 53.9 Å². The summed E-state index contributed by atoms with van der Waals surface area (Å²) in [5.74, 6) is 25.5. The van der Waals surface area contributed by atoms with Crippen LogP contribution in [0.25, 0.3) is 9.69 Å². The zero-order valence-corrected chi connectivity index (χ0v) is 53.9. The van der Waals surface area contributed by atoms with Crippen molar-refractivity contribution in [1.29, 1.82) is 10.5 Å². The Labute approximate surface area is 582 Å². The number of benzene rings is 1. The number of nitrogen functional groups attached to an aromatic ring is 1. The molecule has 0 saturated heterocycles. The number of nitrogens with zero attached hydrogens (tertiary/aromatic N) is 7. The number of carbonyl (C=O) groups is 4. The molecule has 0 aliphatic rings. The first-order valence-electron chi connectivity index (χ1n) is 25.3. The van der Waals surface area contributed by atoms with E-state index in [1.165, 1.54) is 11.3 Å². The molecule has 4 N–H and O–H groups in total. The van der Waals surface area contributed by atoms with Crippen LogP contribution in [-0.2, 0) is 42.9 Å². The summed E-state index contributed by atoms with van der Waals surface area (Å²) < 4.78 is 28.6. The summed E-state index contributed by atoms with van der Waals surface area (Å²) in [6, 6.07) is 9.76. The van der Waals surface area contributed by atoms with Crippen molar-refractivity contribution in [1.82, 2.24) is 10.6 Å². The fourth-order valence-electron chi connectivity index (χ4n) is 6.41. The second-order valence-corrected chi connectivity index (χ2v) is 18.5. The number of hydrogen-bond acceptors (Lipinski definition) is 19. The minimum absolute atomic E-state index is 0. The molecule has 21 nitrogen and oxygen atoms in total. The Morgan fingerprint density at radius 3 is 1.47 bits per heavy atom. The Morgan fingerprint density at radius 1 is 0.655 bits per heavy atom. The van der Waals surface area contributed by atoms with Crippen LogP contribution in [0.15, 0.2) is 28.4 Å². The first-order valence-corrected chi connectivity index (χ1v) is 26.9. The molecular formula is C62H88N10Na2O11S2. The number of nitriles is 2. The topological polar surface area (TPSA) is 295 Å². The van der Waals surface area contributed by atoms with Gasteiger partial charge in [0.05, 0.1) is 112 Å². The van der Waals surface area contributed by atoms with E-state index in [0.717, 1.165) is 22.6 Å². The van der Waals surface area contributed by atoms with Gasteiger partial charge in [-0.2, -0.15) is 10.5 Å². The van der Waals surface area contributed by atoms with Gasteiger partial charge in [0.1, 0.15) is 17.1 Å². The molecule has 0 aliphatic heterocycles. The van der Waals surface area contributed by atoms with Crippen molar-refractivity contribution in [2.24, 2.45) is 22.1 Å². The summed E-state index contributed by atoms with van der Waals surface area (Å²) in [4.78, 5) is 55.9. The van der Waals surface area contributed by atoms with E-state index in [1.54, 1.807) is 13.8 Å². The molecule has 0 aliphatic carbocycles. The number of terminal acetylenes is 2. The molecule has 3 aromatic rings. The van der Waals surface area contributed by atoms with Crippen LogP contribution >= 0.6 is 22.7 Å². The number of nitrogens with two attached hydrogens (primary N) is 1. The summed E-state index contributed by atoms with van der Waals surface area (Å²) in [6.45, 7) is 24.3. The maximum absolute atomic E-state index is 12.2. The molecule has 2 heterocycles. The van der Waals surface area contributed by atoms with E-state index in [9.17, 15) is 34.7 Å². The van der Waals surface area contributed by atoms with Crippen molar-refractivity contribution < 1.29 is 132 Å². The number of amides is 2. The van der Waals surface area contributed by atoms with Crippen LogP contribution in [0.2, 0.25) is 0 Å². The first kappa shape index (κ1) is 81.0. The van der Waals surface area contributed by atoms with Crippen molar-refractivity contribution in [2.75, 3.05) is 103 Å². The Morgan fingerprint density at radius 2 is 1.07 bits per heavy atom. The van der Waals surface area contributed by atoms with Crippen molar-refractivity contribution in [3.05, 3.63) is 68.9 Å². The average molecular weight is 1260 g/mol. The summed E-state index contributed by atoms with van der Waals surface area (Å²) in [7, 11) is 0. The fourth-order valence-corrected chi connectivity index (χ4v) is 8.08. The summed E-state index contributed by atoms with van der Waals surface area (Å²) in [5.41, 5.74) is 9.84. The maximum atomic E-state index is 12.2. The molecular weight excluding hydrogens is 1170 g/mol. The number of aliphatic carboxylic acids is 2. The van der Waals surface area contributed by atoms with Crippen LogP contribution in [0, 0.1) is 164 Å². The van der Waals surface area contributed by atoms with Gasteiger partial charge >= 0.3 is 59.1 Å². The molecule has 0 bridgehead atoms. The molecule has 3 rings (SSSR count). The molecule has 2 unspecified atom stereocenters. The zero-order chi connectivity index (χ0) is 61.7. The number of aryl methyl sites for hydroxylation is 1. The van der Waals surface area contributed by atoms with Crippen molar-refractivity contribution in [3.63, 3.8) is 0 Å². The van der Waals surface area contributed by atoms with E-state index in [0.29, 0.717) is 140 Å². The Bertz CT molecular complexity index is 3530. The van der Waals surface area contributed by atoms with E-state index >= 15 is 0 Å². The third kappa shape index (κ3) is 34.0. The number of ether oxygens (including phenoxy) is 5.